The lowest BCUT2D eigenvalue weighted by Gasteiger charge is -2.25. The van der Waals surface area contributed by atoms with Crippen molar-refractivity contribution in [1.29, 1.82) is 0 Å². The van der Waals surface area contributed by atoms with Crippen LogP contribution in [0.1, 0.15) is 5.56 Å². The second kappa shape index (κ2) is 3.50. The van der Waals surface area contributed by atoms with E-state index in [2.05, 4.69) is 31.2 Å². The van der Waals surface area contributed by atoms with Gasteiger partial charge in [0.25, 0.3) is 0 Å². The minimum Gasteiger partial charge on any atom is -0.379 e. The molecule has 1 aromatic carbocycles. The molecule has 1 aliphatic rings. The predicted molar refractivity (Wildman–Crippen MR) is 51.6 cm³/mol. The highest BCUT2D eigenvalue weighted by atomic mass is 32.2. The molecule has 1 aromatic rings. The summed E-state index contributed by atoms with van der Waals surface area (Å²) >= 11 is 1.92. The third-order valence-corrected chi connectivity index (χ3v) is 3.03. The van der Waals surface area contributed by atoms with Crippen LogP contribution >= 0.6 is 11.8 Å². The fourth-order valence-corrected chi connectivity index (χ4v) is 2.29. The second-order valence-electron chi connectivity index (χ2n) is 3.09. The van der Waals surface area contributed by atoms with Crippen molar-refractivity contribution in [1.82, 2.24) is 0 Å². The summed E-state index contributed by atoms with van der Waals surface area (Å²) in [7, 11) is 0. The smallest absolute Gasteiger partial charge is 0.0611 e. The van der Waals surface area contributed by atoms with Gasteiger partial charge in [0.05, 0.1) is 18.5 Å². The van der Waals surface area contributed by atoms with Crippen LogP contribution in [-0.4, -0.2) is 18.5 Å². The third kappa shape index (κ3) is 1.82. The fourth-order valence-electron chi connectivity index (χ4n) is 1.16. The van der Waals surface area contributed by atoms with Crippen molar-refractivity contribution in [2.75, 3.05) is 13.2 Å². The van der Waals surface area contributed by atoms with Crippen molar-refractivity contribution >= 4 is 11.8 Å². The number of thioether (sulfide) groups is 1. The molecule has 1 fully saturated rings. The highest BCUT2D eigenvalue weighted by Gasteiger charge is 2.19. The first kappa shape index (κ1) is 8.14. The van der Waals surface area contributed by atoms with Gasteiger partial charge in [0.1, 0.15) is 0 Å². The zero-order valence-corrected chi connectivity index (χ0v) is 7.93. The Morgan fingerprint density at radius 3 is 2.83 bits per heavy atom. The average molecular weight is 180 g/mol. The van der Waals surface area contributed by atoms with Gasteiger partial charge >= 0.3 is 0 Å². The van der Waals surface area contributed by atoms with Crippen molar-refractivity contribution in [3.8, 4) is 0 Å². The van der Waals surface area contributed by atoms with E-state index in [9.17, 15) is 0 Å². The Bertz CT molecular complexity index is 268. The summed E-state index contributed by atoms with van der Waals surface area (Å²) in [6, 6.07) is 8.62. The largest absolute Gasteiger partial charge is 0.379 e. The molecule has 12 heavy (non-hydrogen) atoms. The summed E-state index contributed by atoms with van der Waals surface area (Å²) in [4.78, 5) is 1.36. The zero-order valence-electron chi connectivity index (χ0n) is 7.12. The van der Waals surface area contributed by atoms with E-state index in [1.807, 2.05) is 11.8 Å². The zero-order chi connectivity index (χ0) is 8.39. The number of aryl methyl sites for hydroxylation is 1. The highest BCUT2D eigenvalue weighted by molar-refractivity contribution is 8.00. The van der Waals surface area contributed by atoms with Crippen LogP contribution < -0.4 is 0 Å². The molecule has 0 unspecified atom stereocenters. The maximum Gasteiger partial charge on any atom is 0.0611 e. The molecule has 2 heteroatoms. The standard InChI is InChI=1S/C10H12OS/c1-8-3-2-4-9(5-8)12-10-6-11-7-10/h2-5,10H,6-7H2,1H3. The Kier molecular flexibility index (Phi) is 2.38. The van der Waals surface area contributed by atoms with Crippen LogP contribution in [0.4, 0.5) is 0 Å². The minimum absolute atomic E-state index is 0.687. The van der Waals surface area contributed by atoms with Gasteiger partial charge in [-0.3, -0.25) is 0 Å². The van der Waals surface area contributed by atoms with Gasteiger partial charge in [0.2, 0.25) is 0 Å². The number of hydrogen-bond donors (Lipinski definition) is 0. The Balaban J connectivity index is 2.02. The summed E-state index contributed by atoms with van der Waals surface area (Å²) in [5, 5.41) is 0.687. The maximum absolute atomic E-state index is 5.12. The van der Waals surface area contributed by atoms with Gasteiger partial charge in [-0.2, -0.15) is 0 Å². The second-order valence-corrected chi connectivity index (χ2v) is 4.47. The van der Waals surface area contributed by atoms with Gasteiger partial charge in [0, 0.05) is 4.90 Å². The minimum atomic E-state index is 0.687. The molecule has 0 amide bonds. The Morgan fingerprint density at radius 1 is 1.42 bits per heavy atom. The van der Waals surface area contributed by atoms with Gasteiger partial charge in [-0.1, -0.05) is 17.7 Å². The van der Waals surface area contributed by atoms with Crippen LogP contribution in [0.25, 0.3) is 0 Å². The topological polar surface area (TPSA) is 9.23 Å². The SMILES string of the molecule is Cc1cccc(SC2COC2)c1. The first-order valence-corrected chi connectivity index (χ1v) is 5.03. The molecule has 1 heterocycles. The molecule has 0 N–H and O–H groups in total. The van der Waals surface area contributed by atoms with Gasteiger partial charge in [0.15, 0.2) is 0 Å². The Morgan fingerprint density at radius 2 is 2.25 bits per heavy atom. The molecule has 0 aromatic heterocycles. The first-order chi connectivity index (χ1) is 5.84. The van der Waals surface area contributed by atoms with Gasteiger partial charge in [-0.25, -0.2) is 0 Å². The van der Waals surface area contributed by atoms with E-state index in [1.165, 1.54) is 10.5 Å². The van der Waals surface area contributed by atoms with E-state index in [1.54, 1.807) is 0 Å². The predicted octanol–water partition coefficient (Wildman–Crippen LogP) is 2.49. The van der Waals surface area contributed by atoms with E-state index in [0.717, 1.165) is 13.2 Å². The molecular weight excluding hydrogens is 168 g/mol. The molecule has 0 saturated carbocycles. The third-order valence-electron chi connectivity index (χ3n) is 1.90. The summed E-state index contributed by atoms with van der Waals surface area (Å²) < 4.78 is 5.12. The summed E-state index contributed by atoms with van der Waals surface area (Å²) in [6.45, 7) is 3.96. The molecule has 1 aliphatic heterocycles. The molecule has 0 bridgehead atoms. The van der Waals surface area contributed by atoms with Crippen LogP contribution in [0, 0.1) is 6.92 Å². The Labute approximate surface area is 77.1 Å². The maximum atomic E-state index is 5.12. The number of hydrogen-bond acceptors (Lipinski definition) is 2. The molecule has 0 radical (unpaired) electrons. The summed E-state index contributed by atoms with van der Waals surface area (Å²) in [6.07, 6.45) is 0. The summed E-state index contributed by atoms with van der Waals surface area (Å²) in [5.74, 6) is 0. The van der Waals surface area contributed by atoms with Gasteiger partial charge in [-0.15, -0.1) is 11.8 Å². The van der Waals surface area contributed by atoms with E-state index in [4.69, 9.17) is 4.74 Å². The quantitative estimate of drug-likeness (QED) is 0.691. The highest BCUT2D eigenvalue weighted by Crippen LogP contribution is 2.28. The van der Waals surface area contributed by atoms with Crippen LogP contribution in [0.15, 0.2) is 29.2 Å². The fraction of sp³-hybridized carbons (Fsp3) is 0.400. The van der Waals surface area contributed by atoms with Gasteiger partial charge in [-0.05, 0) is 19.1 Å². The molecule has 64 valence electrons. The number of benzene rings is 1. The summed E-state index contributed by atoms with van der Waals surface area (Å²) in [5.41, 5.74) is 1.33. The molecule has 0 aliphatic carbocycles. The number of ether oxygens (including phenoxy) is 1. The number of rotatable bonds is 2. The Hall–Kier alpha value is -0.470. The average Bonchev–Trinajstić information content (AvgIpc) is 1.97. The molecule has 1 nitrogen and oxygen atoms in total. The molecule has 2 rings (SSSR count). The van der Waals surface area contributed by atoms with Crippen LogP contribution in [0.5, 0.6) is 0 Å². The lowest BCUT2D eigenvalue weighted by Crippen LogP contribution is -2.29. The van der Waals surface area contributed by atoms with E-state index in [0.29, 0.717) is 5.25 Å². The van der Waals surface area contributed by atoms with Crippen molar-refractivity contribution in [2.24, 2.45) is 0 Å². The van der Waals surface area contributed by atoms with Crippen molar-refractivity contribution in [3.05, 3.63) is 29.8 Å². The van der Waals surface area contributed by atoms with Crippen LogP contribution in [-0.2, 0) is 4.74 Å². The normalized spacial score (nSPS) is 17.4. The molecule has 0 atom stereocenters. The monoisotopic (exact) mass is 180 g/mol. The molecular formula is C10H12OS. The molecule has 0 spiro atoms. The van der Waals surface area contributed by atoms with Crippen LogP contribution in [0.3, 0.4) is 0 Å². The lowest BCUT2D eigenvalue weighted by atomic mass is 10.2. The lowest BCUT2D eigenvalue weighted by molar-refractivity contribution is 0.0455. The van der Waals surface area contributed by atoms with E-state index >= 15 is 0 Å². The van der Waals surface area contributed by atoms with E-state index < -0.39 is 0 Å². The van der Waals surface area contributed by atoms with Gasteiger partial charge < -0.3 is 4.74 Å². The van der Waals surface area contributed by atoms with Crippen molar-refractivity contribution < 1.29 is 4.74 Å². The van der Waals surface area contributed by atoms with Crippen molar-refractivity contribution in [3.63, 3.8) is 0 Å². The van der Waals surface area contributed by atoms with E-state index in [-0.39, 0.29) is 0 Å². The first-order valence-electron chi connectivity index (χ1n) is 4.16. The van der Waals surface area contributed by atoms with Crippen molar-refractivity contribution in [2.45, 2.75) is 17.1 Å². The van der Waals surface area contributed by atoms with Crippen LogP contribution in [0.2, 0.25) is 0 Å². The molecule has 1 saturated heterocycles.